The zero-order valence-corrected chi connectivity index (χ0v) is 11.6. The summed E-state index contributed by atoms with van der Waals surface area (Å²) in [6.07, 6.45) is 2.17. The summed E-state index contributed by atoms with van der Waals surface area (Å²) in [7, 11) is 0. The molecule has 0 bridgehead atoms. The third-order valence-corrected chi connectivity index (χ3v) is 2.14. The van der Waals surface area contributed by atoms with E-state index < -0.39 is 0 Å². The third-order valence-electron chi connectivity index (χ3n) is 2.14. The van der Waals surface area contributed by atoms with Gasteiger partial charge < -0.3 is 5.43 Å². The van der Waals surface area contributed by atoms with Crippen molar-refractivity contribution in [2.75, 3.05) is 6.54 Å². The summed E-state index contributed by atoms with van der Waals surface area (Å²) in [5, 5.41) is 4.54. The van der Waals surface area contributed by atoms with Crippen LogP contribution in [0.5, 0.6) is 0 Å². The van der Waals surface area contributed by atoms with E-state index in [4.69, 9.17) is 0 Å². The number of hydrazone groups is 1. The van der Waals surface area contributed by atoms with Crippen molar-refractivity contribution in [3.63, 3.8) is 0 Å². The number of hydrogen-bond acceptors (Lipinski definition) is 2. The van der Waals surface area contributed by atoms with Gasteiger partial charge in [0.05, 0.1) is 0 Å². The summed E-state index contributed by atoms with van der Waals surface area (Å²) < 4.78 is 0. The van der Waals surface area contributed by atoms with Gasteiger partial charge in [-0.25, -0.2) is 0 Å². The van der Waals surface area contributed by atoms with Crippen LogP contribution >= 0.6 is 0 Å². The predicted molar refractivity (Wildman–Crippen MR) is 69.3 cm³/mol. The van der Waals surface area contributed by atoms with Crippen molar-refractivity contribution in [1.82, 2.24) is 5.43 Å². The van der Waals surface area contributed by atoms with E-state index in [0.717, 1.165) is 19.4 Å². The zero-order valence-electron chi connectivity index (χ0n) is 11.6. The fourth-order valence-electron chi connectivity index (χ4n) is 1.24. The molecule has 0 spiro atoms. The minimum Gasteiger partial charge on any atom is -0.310 e. The van der Waals surface area contributed by atoms with Crippen LogP contribution < -0.4 is 5.43 Å². The molecule has 0 saturated heterocycles. The van der Waals surface area contributed by atoms with E-state index in [1.807, 2.05) is 0 Å². The van der Waals surface area contributed by atoms with Crippen LogP contribution in [0.3, 0.4) is 0 Å². The maximum Gasteiger partial charge on any atom is 0.0436 e. The van der Waals surface area contributed by atoms with Gasteiger partial charge in [-0.05, 0) is 18.3 Å². The topological polar surface area (TPSA) is 24.4 Å². The van der Waals surface area contributed by atoms with Crippen molar-refractivity contribution in [1.29, 1.82) is 0 Å². The largest absolute Gasteiger partial charge is 0.310 e. The lowest BCUT2D eigenvalue weighted by Gasteiger charge is -2.27. The lowest BCUT2D eigenvalue weighted by molar-refractivity contribution is 0.410. The molecule has 0 amide bonds. The Balaban J connectivity index is 4.53. The average molecular weight is 212 g/mol. The standard InChI is InChI=1S/C13H28N2/c1-8-9-14-15-11(13(5,6)7)10-12(2,3)4/h14H,8-10H2,1-7H3/b15-11-. The molecule has 0 aromatic heterocycles. The van der Waals surface area contributed by atoms with E-state index in [0.29, 0.717) is 5.41 Å². The Labute approximate surface area is 95.5 Å². The van der Waals surface area contributed by atoms with Crippen LogP contribution in [0, 0.1) is 10.8 Å². The maximum atomic E-state index is 4.54. The molecule has 0 unspecified atom stereocenters. The van der Waals surface area contributed by atoms with Crippen molar-refractivity contribution in [2.24, 2.45) is 15.9 Å². The van der Waals surface area contributed by atoms with E-state index in [9.17, 15) is 0 Å². The molecular formula is C13H28N2. The first-order chi connectivity index (χ1) is 6.67. The van der Waals surface area contributed by atoms with Gasteiger partial charge in [0.2, 0.25) is 0 Å². The second-order valence-electron chi connectivity index (χ2n) is 6.45. The van der Waals surface area contributed by atoms with E-state index in [1.54, 1.807) is 0 Å². The van der Waals surface area contributed by atoms with Crippen LogP contribution in [0.1, 0.15) is 61.3 Å². The minimum absolute atomic E-state index is 0.161. The molecular weight excluding hydrogens is 184 g/mol. The van der Waals surface area contributed by atoms with Gasteiger partial charge in [-0.3, -0.25) is 0 Å². The molecule has 2 heteroatoms. The highest BCUT2D eigenvalue weighted by atomic mass is 15.3. The highest BCUT2D eigenvalue weighted by molar-refractivity contribution is 5.89. The van der Waals surface area contributed by atoms with Crippen LogP contribution in [-0.4, -0.2) is 12.3 Å². The van der Waals surface area contributed by atoms with Crippen LogP contribution in [0.15, 0.2) is 5.10 Å². The summed E-state index contributed by atoms with van der Waals surface area (Å²) >= 11 is 0. The van der Waals surface area contributed by atoms with Gasteiger partial charge in [0.15, 0.2) is 0 Å². The summed E-state index contributed by atoms with van der Waals surface area (Å²) in [5.41, 5.74) is 4.89. The molecule has 1 N–H and O–H groups in total. The molecule has 2 nitrogen and oxygen atoms in total. The Kier molecular flexibility index (Phi) is 5.33. The van der Waals surface area contributed by atoms with Crippen molar-refractivity contribution < 1.29 is 0 Å². The van der Waals surface area contributed by atoms with Gasteiger partial charge >= 0.3 is 0 Å². The van der Waals surface area contributed by atoms with Crippen molar-refractivity contribution in [3.8, 4) is 0 Å². The Hall–Kier alpha value is -0.530. The molecule has 0 fully saturated rings. The molecule has 90 valence electrons. The average Bonchev–Trinajstić information content (AvgIpc) is 1.99. The van der Waals surface area contributed by atoms with Crippen molar-refractivity contribution >= 4 is 5.71 Å². The molecule has 0 aromatic carbocycles. The van der Waals surface area contributed by atoms with Gasteiger partial charge in [-0.1, -0.05) is 48.5 Å². The second-order valence-corrected chi connectivity index (χ2v) is 6.45. The lowest BCUT2D eigenvalue weighted by Crippen LogP contribution is -2.28. The molecule has 0 aliphatic rings. The van der Waals surface area contributed by atoms with Crippen molar-refractivity contribution in [3.05, 3.63) is 0 Å². The fraction of sp³-hybridized carbons (Fsp3) is 0.923. The summed E-state index contributed by atoms with van der Waals surface area (Å²) in [5.74, 6) is 0. The number of nitrogens with zero attached hydrogens (tertiary/aromatic N) is 1. The molecule has 0 radical (unpaired) electrons. The molecule has 0 saturated carbocycles. The van der Waals surface area contributed by atoms with Gasteiger partial charge in [-0.2, -0.15) is 5.10 Å². The number of nitrogens with one attached hydrogen (secondary N) is 1. The molecule has 0 aliphatic carbocycles. The SMILES string of the molecule is CCCN/N=C(/CC(C)(C)C)C(C)(C)C. The highest BCUT2D eigenvalue weighted by Gasteiger charge is 2.24. The smallest absolute Gasteiger partial charge is 0.0436 e. The summed E-state index contributed by atoms with van der Waals surface area (Å²) in [4.78, 5) is 0. The normalized spacial score (nSPS) is 14.2. The molecule has 0 aliphatic heterocycles. The quantitative estimate of drug-likeness (QED) is 0.427. The first-order valence-electron chi connectivity index (χ1n) is 5.96. The molecule has 0 heterocycles. The summed E-state index contributed by atoms with van der Waals surface area (Å²) in [6.45, 7) is 16.6. The molecule has 0 atom stereocenters. The van der Waals surface area contributed by atoms with Gasteiger partial charge in [0.1, 0.15) is 0 Å². The Morgan fingerprint density at radius 2 is 1.60 bits per heavy atom. The van der Waals surface area contributed by atoms with Gasteiger partial charge in [-0.15, -0.1) is 0 Å². The van der Waals surface area contributed by atoms with E-state index in [-0.39, 0.29) is 5.41 Å². The highest BCUT2D eigenvalue weighted by Crippen LogP contribution is 2.27. The number of hydrogen-bond donors (Lipinski definition) is 1. The molecule has 0 rings (SSSR count). The van der Waals surface area contributed by atoms with Crippen LogP contribution in [0.4, 0.5) is 0 Å². The second kappa shape index (κ2) is 5.53. The first kappa shape index (κ1) is 14.5. The Morgan fingerprint density at radius 3 is 1.93 bits per heavy atom. The zero-order chi connectivity index (χ0) is 12.1. The van der Waals surface area contributed by atoms with Crippen LogP contribution in [0.2, 0.25) is 0 Å². The van der Waals surface area contributed by atoms with Gasteiger partial charge in [0.25, 0.3) is 0 Å². The molecule has 0 aromatic rings. The maximum absolute atomic E-state index is 4.54. The van der Waals surface area contributed by atoms with Gasteiger partial charge in [0, 0.05) is 17.7 Å². The third kappa shape index (κ3) is 7.40. The van der Waals surface area contributed by atoms with Crippen LogP contribution in [0.25, 0.3) is 0 Å². The number of rotatable bonds is 4. The Bertz CT molecular complexity index is 204. The van der Waals surface area contributed by atoms with Crippen LogP contribution in [-0.2, 0) is 0 Å². The fourth-order valence-corrected chi connectivity index (χ4v) is 1.24. The minimum atomic E-state index is 0.161. The van der Waals surface area contributed by atoms with Crippen molar-refractivity contribution in [2.45, 2.75) is 61.3 Å². The molecule has 15 heavy (non-hydrogen) atoms. The lowest BCUT2D eigenvalue weighted by atomic mass is 9.79. The van der Waals surface area contributed by atoms with E-state index in [1.165, 1.54) is 5.71 Å². The predicted octanol–water partition coefficient (Wildman–Crippen LogP) is 3.82. The summed E-state index contributed by atoms with van der Waals surface area (Å²) in [6, 6.07) is 0. The van der Waals surface area contributed by atoms with E-state index >= 15 is 0 Å². The van der Waals surface area contributed by atoms with E-state index in [2.05, 4.69) is 59.0 Å². The Morgan fingerprint density at radius 1 is 1.07 bits per heavy atom. The monoisotopic (exact) mass is 212 g/mol. The first-order valence-corrected chi connectivity index (χ1v) is 5.96.